The summed E-state index contributed by atoms with van der Waals surface area (Å²) in [5, 5.41) is 2.19. The molecule has 6 nitrogen and oxygen atoms in total. The number of benzene rings is 1. The number of esters is 2. The van der Waals surface area contributed by atoms with Crippen LogP contribution in [0.25, 0.3) is 0 Å². The van der Waals surface area contributed by atoms with Gasteiger partial charge in [-0.25, -0.2) is 4.79 Å². The summed E-state index contributed by atoms with van der Waals surface area (Å²) in [5.74, 6) is -1.40. The number of hydrogen-bond acceptors (Lipinski definition) is 6. The maximum Gasteiger partial charge on any atom is 0.344 e. The van der Waals surface area contributed by atoms with Crippen molar-refractivity contribution < 1.29 is 23.9 Å². The van der Waals surface area contributed by atoms with Crippen LogP contribution < -0.4 is 5.32 Å². The molecule has 0 saturated heterocycles. The Balaban J connectivity index is 1.77. The standard InChI is InChI=1S/C16H19NO5S/c1-2-3-8-21-15(19)10-22-14(18)9-13-16(20)17-11-6-4-5-7-12(11)23-13/h4-7,13H,2-3,8-10H2,1H3,(H,17,20). The van der Waals surface area contributed by atoms with Gasteiger partial charge in [-0.2, -0.15) is 0 Å². The molecule has 0 saturated carbocycles. The van der Waals surface area contributed by atoms with Crippen molar-refractivity contribution in [3.63, 3.8) is 0 Å². The van der Waals surface area contributed by atoms with Crippen LogP contribution in [-0.4, -0.2) is 36.3 Å². The highest BCUT2D eigenvalue weighted by Gasteiger charge is 2.29. The quantitative estimate of drug-likeness (QED) is 0.608. The lowest BCUT2D eigenvalue weighted by molar-refractivity contribution is -0.158. The molecule has 0 aliphatic carbocycles. The summed E-state index contributed by atoms with van der Waals surface area (Å²) >= 11 is 1.32. The summed E-state index contributed by atoms with van der Waals surface area (Å²) in [6.45, 7) is 1.89. The first-order valence-corrected chi connectivity index (χ1v) is 8.36. The Labute approximate surface area is 138 Å². The molecule has 0 bridgehead atoms. The van der Waals surface area contributed by atoms with E-state index in [1.165, 1.54) is 11.8 Å². The number of anilines is 1. The maximum absolute atomic E-state index is 12.0. The lowest BCUT2D eigenvalue weighted by atomic mass is 10.2. The van der Waals surface area contributed by atoms with E-state index >= 15 is 0 Å². The molecule has 0 spiro atoms. The van der Waals surface area contributed by atoms with Crippen LogP contribution in [-0.2, 0) is 23.9 Å². The van der Waals surface area contributed by atoms with Crippen molar-refractivity contribution in [3.05, 3.63) is 24.3 Å². The molecule has 0 radical (unpaired) electrons. The number of hydrogen-bond donors (Lipinski definition) is 1. The fourth-order valence-corrected chi connectivity index (χ4v) is 3.04. The van der Waals surface area contributed by atoms with E-state index in [1.807, 2.05) is 25.1 Å². The van der Waals surface area contributed by atoms with Gasteiger partial charge in [0.1, 0.15) is 0 Å². The fourth-order valence-electron chi connectivity index (χ4n) is 1.95. The molecule has 1 amide bonds. The Hall–Kier alpha value is -2.02. The summed E-state index contributed by atoms with van der Waals surface area (Å²) in [6.07, 6.45) is 1.60. The number of para-hydroxylation sites is 1. The van der Waals surface area contributed by atoms with Crippen LogP contribution >= 0.6 is 11.8 Å². The van der Waals surface area contributed by atoms with Crippen molar-refractivity contribution in [2.75, 3.05) is 18.5 Å². The first-order chi connectivity index (χ1) is 11.1. The van der Waals surface area contributed by atoms with Gasteiger partial charge in [-0.05, 0) is 18.6 Å². The highest BCUT2D eigenvalue weighted by molar-refractivity contribution is 8.01. The molecule has 1 aromatic carbocycles. The van der Waals surface area contributed by atoms with Crippen molar-refractivity contribution in [2.24, 2.45) is 0 Å². The van der Waals surface area contributed by atoms with Gasteiger partial charge in [0.25, 0.3) is 0 Å². The van der Waals surface area contributed by atoms with Crippen LogP contribution in [0, 0.1) is 0 Å². The van der Waals surface area contributed by atoms with E-state index in [-0.39, 0.29) is 12.3 Å². The number of nitrogens with one attached hydrogen (secondary N) is 1. The number of carbonyl (C=O) groups is 3. The third-order valence-corrected chi connectivity index (χ3v) is 4.45. The van der Waals surface area contributed by atoms with E-state index in [9.17, 15) is 14.4 Å². The molecule has 0 aromatic heterocycles. The first-order valence-electron chi connectivity index (χ1n) is 7.48. The summed E-state index contributed by atoms with van der Waals surface area (Å²) < 4.78 is 9.76. The Morgan fingerprint density at radius 2 is 2.00 bits per heavy atom. The molecule has 124 valence electrons. The van der Waals surface area contributed by atoms with Crippen LogP contribution in [0.4, 0.5) is 5.69 Å². The molecule has 1 aliphatic heterocycles. The predicted molar refractivity (Wildman–Crippen MR) is 86.2 cm³/mol. The molecular formula is C16H19NO5S. The molecule has 0 fully saturated rings. The minimum atomic E-state index is -0.593. The highest BCUT2D eigenvalue weighted by Crippen LogP contribution is 2.36. The van der Waals surface area contributed by atoms with Gasteiger partial charge in [0.05, 0.1) is 24.0 Å². The molecule has 1 heterocycles. The second-order valence-corrected chi connectivity index (χ2v) is 6.28. The van der Waals surface area contributed by atoms with E-state index < -0.39 is 23.8 Å². The van der Waals surface area contributed by atoms with Crippen molar-refractivity contribution in [2.45, 2.75) is 36.3 Å². The molecule has 1 N–H and O–H groups in total. The lowest BCUT2D eigenvalue weighted by Gasteiger charge is -2.23. The lowest BCUT2D eigenvalue weighted by Crippen LogP contribution is -2.31. The van der Waals surface area contributed by atoms with Crippen LogP contribution in [0.5, 0.6) is 0 Å². The molecule has 2 rings (SSSR count). The predicted octanol–water partition coefficient (Wildman–Crippen LogP) is 2.38. The molecule has 7 heteroatoms. The number of fused-ring (bicyclic) bond motifs is 1. The van der Waals surface area contributed by atoms with Crippen molar-refractivity contribution in [1.82, 2.24) is 0 Å². The van der Waals surface area contributed by atoms with Gasteiger partial charge >= 0.3 is 11.9 Å². The normalized spacial score (nSPS) is 16.2. The van der Waals surface area contributed by atoms with Gasteiger partial charge in [-0.3, -0.25) is 9.59 Å². The second kappa shape index (κ2) is 8.57. The van der Waals surface area contributed by atoms with E-state index in [0.29, 0.717) is 6.61 Å². The summed E-state index contributed by atoms with van der Waals surface area (Å²) in [6, 6.07) is 7.38. The van der Waals surface area contributed by atoms with Gasteiger partial charge in [-0.15, -0.1) is 11.8 Å². The minimum absolute atomic E-state index is 0.0902. The fraction of sp³-hybridized carbons (Fsp3) is 0.438. The number of unbranched alkanes of at least 4 members (excludes halogenated alkanes) is 1. The summed E-state index contributed by atoms with van der Waals surface area (Å²) in [7, 11) is 0. The number of ether oxygens (including phenoxy) is 2. The highest BCUT2D eigenvalue weighted by atomic mass is 32.2. The molecule has 1 unspecified atom stereocenters. The van der Waals surface area contributed by atoms with Crippen LogP contribution in [0.3, 0.4) is 0 Å². The Bertz CT molecular complexity index is 590. The van der Waals surface area contributed by atoms with Crippen molar-refractivity contribution in [3.8, 4) is 0 Å². The largest absolute Gasteiger partial charge is 0.463 e. The smallest absolute Gasteiger partial charge is 0.344 e. The van der Waals surface area contributed by atoms with Crippen molar-refractivity contribution >= 4 is 35.3 Å². The minimum Gasteiger partial charge on any atom is -0.463 e. The number of amides is 1. The zero-order valence-electron chi connectivity index (χ0n) is 12.9. The summed E-state index contributed by atoms with van der Waals surface area (Å²) in [5.41, 5.74) is 0.742. The molecular weight excluding hydrogens is 318 g/mol. The topological polar surface area (TPSA) is 81.7 Å². The monoisotopic (exact) mass is 337 g/mol. The van der Waals surface area contributed by atoms with Gasteiger partial charge in [-0.1, -0.05) is 25.5 Å². The van der Waals surface area contributed by atoms with Crippen LogP contribution in [0.2, 0.25) is 0 Å². The van der Waals surface area contributed by atoms with Crippen LogP contribution in [0.15, 0.2) is 29.2 Å². The van der Waals surface area contributed by atoms with Gasteiger partial charge in [0.2, 0.25) is 5.91 Å². The van der Waals surface area contributed by atoms with E-state index in [0.717, 1.165) is 23.4 Å². The molecule has 1 aromatic rings. The average Bonchev–Trinajstić information content (AvgIpc) is 2.54. The first kappa shape index (κ1) is 17.3. The second-order valence-electron chi connectivity index (χ2n) is 5.03. The third kappa shape index (κ3) is 5.28. The van der Waals surface area contributed by atoms with Gasteiger partial charge in [0, 0.05) is 4.90 Å². The van der Waals surface area contributed by atoms with Gasteiger partial charge in [0.15, 0.2) is 6.61 Å². The Morgan fingerprint density at radius 3 is 2.78 bits per heavy atom. The van der Waals surface area contributed by atoms with Crippen LogP contribution in [0.1, 0.15) is 26.2 Å². The zero-order chi connectivity index (χ0) is 16.7. The van der Waals surface area contributed by atoms with E-state index in [4.69, 9.17) is 9.47 Å². The number of rotatable bonds is 7. The maximum atomic E-state index is 12.0. The van der Waals surface area contributed by atoms with Gasteiger partial charge < -0.3 is 14.8 Å². The molecule has 1 aliphatic rings. The molecule has 1 atom stereocenters. The Kier molecular flexibility index (Phi) is 6.46. The summed E-state index contributed by atoms with van der Waals surface area (Å²) in [4.78, 5) is 36.0. The average molecular weight is 337 g/mol. The number of carbonyl (C=O) groups excluding carboxylic acids is 3. The Morgan fingerprint density at radius 1 is 1.22 bits per heavy atom. The number of thioether (sulfide) groups is 1. The third-order valence-electron chi connectivity index (χ3n) is 3.17. The SMILES string of the molecule is CCCCOC(=O)COC(=O)CC1Sc2ccccc2NC1=O. The van der Waals surface area contributed by atoms with E-state index in [2.05, 4.69) is 5.32 Å². The van der Waals surface area contributed by atoms with Crippen molar-refractivity contribution in [1.29, 1.82) is 0 Å². The van der Waals surface area contributed by atoms with E-state index in [1.54, 1.807) is 6.07 Å². The molecule has 23 heavy (non-hydrogen) atoms. The zero-order valence-corrected chi connectivity index (χ0v) is 13.7.